The molecule has 0 bridgehead atoms. The summed E-state index contributed by atoms with van der Waals surface area (Å²) in [5, 5.41) is 4.18. The average Bonchev–Trinajstić information content (AvgIpc) is 3.22. The van der Waals surface area contributed by atoms with Crippen LogP contribution in [-0.4, -0.2) is 38.8 Å². The summed E-state index contributed by atoms with van der Waals surface area (Å²) in [5.41, 5.74) is 8.11. The molecule has 4 rings (SSSR count). The highest BCUT2D eigenvalue weighted by Gasteiger charge is 2.20. The standard InChI is InChI=1S/C20H22N6O/c1-13(16-6-2-3-9-22-16)23-18-15-8-7-14(12-17(15)24-20(21)25-18)19(27)26-10-4-5-11-26/h2-3,6-9,12-13H,4-5,10-11H2,1H3,(H3,21,23,24,25)/t13-/m1/s1. The maximum atomic E-state index is 12.7. The van der Waals surface area contributed by atoms with E-state index in [2.05, 4.69) is 20.3 Å². The van der Waals surface area contributed by atoms with Gasteiger partial charge in [0.2, 0.25) is 5.95 Å². The van der Waals surface area contributed by atoms with Crippen molar-refractivity contribution in [3.8, 4) is 0 Å². The first-order valence-corrected chi connectivity index (χ1v) is 9.16. The molecule has 3 aromatic rings. The van der Waals surface area contributed by atoms with Crippen LogP contribution in [0, 0.1) is 0 Å². The lowest BCUT2D eigenvalue weighted by atomic mass is 10.1. The summed E-state index contributed by atoms with van der Waals surface area (Å²) < 4.78 is 0. The van der Waals surface area contributed by atoms with Gasteiger partial charge in [0.1, 0.15) is 5.82 Å². The number of likely N-dealkylation sites (tertiary alicyclic amines) is 1. The number of pyridine rings is 1. The van der Waals surface area contributed by atoms with Gasteiger partial charge in [0, 0.05) is 30.2 Å². The highest BCUT2D eigenvalue weighted by Crippen LogP contribution is 2.26. The van der Waals surface area contributed by atoms with E-state index in [-0.39, 0.29) is 17.9 Å². The second-order valence-corrected chi connectivity index (χ2v) is 6.78. The van der Waals surface area contributed by atoms with Crippen LogP contribution in [-0.2, 0) is 0 Å². The number of rotatable bonds is 4. The van der Waals surface area contributed by atoms with Gasteiger partial charge in [-0.3, -0.25) is 9.78 Å². The van der Waals surface area contributed by atoms with E-state index in [9.17, 15) is 4.79 Å². The minimum Gasteiger partial charge on any atom is -0.368 e. The van der Waals surface area contributed by atoms with Gasteiger partial charge in [0.15, 0.2) is 0 Å². The van der Waals surface area contributed by atoms with Gasteiger partial charge in [-0.15, -0.1) is 0 Å². The number of nitrogen functional groups attached to an aromatic ring is 1. The molecule has 1 aliphatic heterocycles. The highest BCUT2D eigenvalue weighted by molar-refractivity contribution is 6.00. The summed E-state index contributed by atoms with van der Waals surface area (Å²) in [6.45, 7) is 3.64. The number of hydrogen-bond donors (Lipinski definition) is 2. The fraction of sp³-hybridized carbons (Fsp3) is 0.300. The lowest BCUT2D eigenvalue weighted by Crippen LogP contribution is -2.27. The number of carbonyl (C=O) groups is 1. The fourth-order valence-electron chi connectivity index (χ4n) is 3.40. The molecule has 0 spiro atoms. The zero-order valence-electron chi connectivity index (χ0n) is 15.2. The molecule has 0 saturated carbocycles. The van der Waals surface area contributed by atoms with Crippen LogP contribution in [0.1, 0.15) is 41.9 Å². The van der Waals surface area contributed by atoms with E-state index < -0.39 is 0 Å². The van der Waals surface area contributed by atoms with Gasteiger partial charge in [-0.25, -0.2) is 4.98 Å². The number of amides is 1. The summed E-state index contributed by atoms with van der Waals surface area (Å²) in [7, 11) is 0. The van der Waals surface area contributed by atoms with Gasteiger partial charge >= 0.3 is 0 Å². The normalized spacial score (nSPS) is 15.1. The summed E-state index contributed by atoms with van der Waals surface area (Å²) in [5.74, 6) is 0.850. The molecule has 1 amide bonds. The Labute approximate surface area is 157 Å². The maximum absolute atomic E-state index is 12.7. The number of nitrogens with one attached hydrogen (secondary N) is 1. The van der Waals surface area contributed by atoms with Crippen LogP contribution in [0.3, 0.4) is 0 Å². The minimum atomic E-state index is -0.0467. The molecule has 3 heterocycles. The van der Waals surface area contributed by atoms with Gasteiger partial charge in [-0.05, 0) is 50.1 Å². The molecule has 1 aliphatic rings. The third-order valence-corrected chi connectivity index (χ3v) is 4.84. The minimum absolute atomic E-state index is 0.0444. The second kappa shape index (κ2) is 7.19. The number of hydrogen-bond acceptors (Lipinski definition) is 6. The van der Waals surface area contributed by atoms with E-state index in [1.807, 2.05) is 42.2 Å². The quantitative estimate of drug-likeness (QED) is 0.740. The smallest absolute Gasteiger partial charge is 0.253 e. The van der Waals surface area contributed by atoms with Gasteiger partial charge < -0.3 is 16.0 Å². The van der Waals surface area contributed by atoms with Crippen molar-refractivity contribution in [3.63, 3.8) is 0 Å². The van der Waals surface area contributed by atoms with Crippen LogP contribution in [0.2, 0.25) is 0 Å². The Morgan fingerprint density at radius 1 is 1.19 bits per heavy atom. The molecule has 1 fully saturated rings. The van der Waals surface area contributed by atoms with E-state index in [1.54, 1.807) is 12.3 Å². The molecule has 7 heteroatoms. The molecule has 1 atom stereocenters. The number of fused-ring (bicyclic) bond motifs is 1. The Hall–Kier alpha value is -3.22. The van der Waals surface area contributed by atoms with Gasteiger partial charge in [-0.2, -0.15) is 4.98 Å². The van der Waals surface area contributed by atoms with E-state index >= 15 is 0 Å². The van der Waals surface area contributed by atoms with Crippen molar-refractivity contribution in [2.75, 3.05) is 24.1 Å². The molecule has 27 heavy (non-hydrogen) atoms. The van der Waals surface area contributed by atoms with Crippen LogP contribution >= 0.6 is 0 Å². The third kappa shape index (κ3) is 3.53. The molecule has 0 radical (unpaired) electrons. The van der Waals surface area contributed by atoms with Crippen molar-refractivity contribution >= 4 is 28.6 Å². The highest BCUT2D eigenvalue weighted by atomic mass is 16.2. The first-order chi connectivity index (χ1) is 13.1. The summed E-state index contributed by atoms with van der Waals surface area (Å²) >= 11 is 0. The average molecular weight is 362 g/mol. The third-order valence-electron chi connectivity index (χ3n) is 4.84. The van der Waals surface area contributed by atoms with E-state index in [4.69, 9.17) is 5.73 Å². The van der Waals surface area contributed by atoms with Crippen molar-refractivity contribution in [1.82, 2.24) is 19.9 Å². The number of anilines is 2. The lowest BCUT2D eigenvalue weighted by molar-refractivity contribution is 0.0793. The number of nitrogens with zero attached hydrogens (tertiary/aromatic N) is 4. The molecule has 0 aliphatic carbocycles. The Balaban J connectivity index is 1.66. The Morgan fingerprint density at radius 2 is 2.00 bits per heavy atom. The van der Waals surface area contributed by atoms with Gasteiger partial charge in [0.25, 0.3) is 5.91 Å². The van der Waals surface area contributed by atoms with Crippen molar-refractivity contribution in [2.45, 2.75) is 25.8 Å². The van der Waals surface area contributed by atoms with Crippen LogP contribution < -0.4 is 11.1 Å². The largest absolute Gasteiger partial charge is 0.368 e. The molecule has 1 aromatic carbocycles. The van der Waals surface area contributed by atoms with Crippen molar-refractivity contribution < 1.29 is 4.79 Å². The number of aromatic nitrogens is 3. The van der Waals surface area contributed by atoms with E-state index in [0.717, 1.165) is 37.0 Å². The van der Waals surface area contributed by atoms with Gasteiger partial charge in [0.05, 0.1) is 17.3 Å². The Morgan fingerprint density at radius 3 is 2.74 bits per heavy atom. The molecule has 2 aromatic heterocycles. The van der Waals surface area contributed by atoms with Crippen molar-refractivity contribution in [2.24, 2.45) is 0 Å². The fourth-order valence-corrected chi connectivity index (χ4v) is 3.40. The zero-order chi connectivity index (χ0) is 18.8. The molecule has 138 valence electrons. The van der Waals surface area contributed by atoms with Crippen LogP contribution in [0.5, 0.6) is 0 Å². The monoisotopic (exact) mass is 362 g/mol. The second-order valence-electron chi connectivity index (χ2n) is 6.78. The van der Waals surface area contributed by atoms with Crippen molar-refractivity contribution in [3.05, 3.63) is 53.9 Å². The Bertz CT molecular complexity index is 969. The zero-order valence-corrected chi connectivity index (χ0v) is 15.2. The van der Waals surface area contributed by atoms with Crippen molar-refractivity contribution in [1.29, 1.82) is 0 Å². The molecular formula is C20H22N6O. The van der Waals surface area contributed by atoms with Crippen LogP contribution in [0.4, 0.5) is 11.8 Å². The lowest BCUT2D eigenvalue weighted by Gasteiger charge is -2.17. The van der Waals surface area contributed by atoms with E-state index in [0.29, 0.717) is 16.9 Å². The number of nitrogens with two attached hydrogens (primary N) is 1. The number of benzene rings is 1. The van der Waals surface area contributed by atoms with Gasteiger partial charge in [-0.1, -0.05) is 6.07 Å². The molecular weight excluding hydrogens is 340 g/mol. The Kier molecular flexibility index (Phi) is 4.58. The SMILES string of the molecule is C[C@@H](Nc1nc(N)nc2cc(C(=O)N3CCCC3)ccc12)c1ccccn1. The number of carbonyl (C=O) groups excluding carboxylic acids is 1. The molecule has 1 saturated heterocycles. The first-order valence-electron chi connectivity index (χ1n) is 9.16. The summed E-state index contributed by atoms with van der Waals surface area (Å²) in [6.07, 6.45) is 3.89. The summed E-state index contributed by atoms with van der Waals surface area (Å²) in [4.78, 5) is 27.6. The predicted octanol–water partition coefficient (Wildman–Crippen LogP) is 3.02. The molecule has 0 unspecified atom stereocenters. The first kappa shape index (κ1) is 17.2. The van der Waals surface area contributed by atoms with Crippen LogP contribution in [0.25, 0.3) is 10.9 Å². The predicted molar refractivity (Wildman–Crippen MR) is 105 cm³/mol. The molecule has 7 nitrogen and oxygen atoms in total. The topological polar surface area (TPSA) is 97.0 Å². The summed E-state index contributed by atoms with van der Waals surface area (Å²) in [6, 6.07) is 11.2. The molecule has 3 N–H and O–H groups in total. The van der Waals surface area contributed by atoms with E-state index in [1.165, 1.54) is 0 Å². The maximum Gasteiger partial charge on any atom is 0.253 e. The van der Waals surface area contributed by atoms with Crippen LogP contribution in [0.15, 0.2) is 42.6 Å².